The Bertz CT molecular complexity index is 804. The van der Waals surface area contributed by atoms with E-state index in [0.717, 1.165) is 16.8 Å². The minimum atomic E-state index is -0.0540. The highest BCUT2D eigenvalue weighted by atomic mass is 16.5. The second-order valence-electron chi connectivity index (χ2n) is 6.49. The van der Waals surface area contributed by atoms with Gasteiger partial charge in [0.15, 0.2) is 11.5 Å². The van der Waals surface area contributed by atoms with Crippen LogP contribution in [0.1, 0.15) is 19.4 Å². The fourth-order valence-electron chi connectivity index (χ4n) is 3.03. The quantitative estimate of drug-likeness (QED) is 0.842. The number of hydrogen-bond acceptors (Lipinski definition) is 5. The number of fused-ring (bicyclic) bond motifs is 1. The Morgan fingerprint density at radius 2 is 2.04 bits per heavy atom. The molecule has 1 amide bonds. The Kier molecular flexibility index (Phi) is 5.30. The Hall–Kier alpha value is -2.76. The number of amides is 1. The van der Waals surface area contributed by atoms with Crippen LogP contribution in [0, 0.1) is 5.92 Å². The first-order valence-electron chi connectivity index (χ1n) is 8.67. The molecule has 0 N–H and O–H groups in total. The third kappa shape index (κ3) is 3.59. The van der Waals surface area contributed by atoms with Crippen molar-refractivity contribution in [2.75, 3.05) is 27.4 Å². The van der Waals surface area contributed by atoms with Gasteiger partial charge in [-0.3, -0.25) is 4.79 Å². The number of benzene rings is 1. The van der Waals surface area contributed by atoms with Crippen molar-refractivity contribution in [1.29, 1.82) is 0 Å². The first kappa shape index (κ1) is 18.0. The molecule has 6 nitrogen and oxygen atoms in total. The smallest absolute Gasteiger partial charge is 0.225 e. The van der Waals surface area contributed by atoms with Crippen LogP contribution in [0.5, 0.6) is 17.4 Å². The van der Waals surface area contributed by atoms with E-state index in [1.807, 2.05) is 43.0 Å². The van der Waals surface area contributed by atoms with Crippen LogP contribution >= 0.6 is 0 Å². The summed E-state index contributed by atoms with van der Waals surface area (Å²) in [5.41, 5.74) is 2.58. The SMILES string of the molecule is COc1cccc(-c2cc3c(c(OC)c2)OCCN(C(=O)C(C)C)C3)n1. The number of pyridine rings is 1. The number of hydrogen-bond donors (Lipinski definition) is 0. The minimum absolute atomic E-state index is 0.0540. The maximum atomic E-state index is 12.5. The van der Waals surface area contributed by atoms with Crippen LogP contribution in [-0.4, -0.2) is 43.2 Å². The van der Waals surface area contributed by atoms with Gasteiger partial charge in [0.1, 0.15) is 6.61 Å². The monoisotopic (exact) mass is 356 g/mol. The van der Waals surface area contributed by atoms with E-state index in [4.69, 9.17) is 14.2 Å². The van der Waals surface area contributed by atoms with E-state index in [1.54, 1.807) is 20.3 Å². The van der Waals surface area contributed by atoms with E-state index in [1.165, 1.54) is 0 Å². The van der Waals surface area contributed by atoms with Crippen LogP contribution in [-0.2, 0) is 11.3 Å². The summed E-state index contributed by atoms with van der Waals surface area (Å²) in [4.78, 5) is 18.8. The van der Waals surface area contributed by atoms with Crippen molar-refractivity contribution < 1.29 is 19.0 Å². The summed E-state index contributed by atoms with van der Waals surface area (Å²) in [6.07, 6.45) is 0. The van der Waals surface area contributed by atoms with Gasteiger partial charge in [0, 0.05) is 29.7 Å². The molecule has 0 saturated carbocycles. The van der Waals surface area contributed by atoms with Crippen molar-refractivity contribution in [3.8, 4) is 28.6 Å². The molecule has 1 aliphatic rings. The molecule has 0 aliphatic carbocycles. The Balaban J connectivity index is 2.04. The standard InChI is InChI=1S/C20H24N2O4/c1-13(2)20(23)22-8-9-26-19-15(12-22)10-14(11-17(19)24-3)16-6-5-7-18(21-16)25-4/h5-7,10-11,13H,8-9,12H2,1-4H3. The molecule has 0 atom stereocenters. The predicted octanol–water partition coefficient (Wildman–Crippen LogP) is 3.14. The van der Waals surface area contributed by atoms with Crippen molar-refractivity contribution in [3.63, 3.8) is 0 Å². The Morgan fingerprint density at radius 3 is 2.73 bits per heavy atom. The number of nitrogens with zero attached hydrogens (tertiary/aromatic N) is 2. The van der Waals surface area contributed by atoms with Crippen molar-refractivity contribution in [2.24, 2.45) is 5.92 Å². The summed E-state index contributed by atoms with van der Waals surface area (Å²) in [6.45, 7) is 5.30. The maximum Gasteiger partial charge on any atom is 0.225 e. The molecule has 138 valence electrons. The molecule has 1 aromatic heterocycles. The highest BCUT2D eigenvalue weighted by Gasteiger charge is 2.24. The second-order valence-corrected chi connectivity index (χ2v) is 6.49. The lowest BCUT2D eigenvalue weighted by Gasteiger charge is -2.22. The lowest BCUT2D eigenvalue weighted by atomic mass is 10.0. The van der Waals surface area contributed by atoms with E-state index in [2.05, 4.69) is 4.98 Å². The number of rotatable bonds is 4. The van der Waals surface area contributed by atoms with Crippen LogP contribution in [0.15, 0.2) is 30.3 Å². The molecule has 0 radical (unpaired) electrons. The molecule has 0 fully saturated rings. The van der Waals surface area contributed by atoms with Crippen LogP contribution in [0.4, 0.5) is 0 Å². The molecule has 1 aromatic carbocycles. The predicted molar refractivity (Wildman–Crippen MR) is 98.5 cm³/mol. The molecule has 0 unspecified atom stereocenters. The van der Waals surface area contributed by atoms with Gasteiger partial charge in [0.2, 0.25) is 11.8 Å². The van der Waals surface area contributed by atoms with Gasteiger partial charge in [-0.25, -0.2) is 4.98 Å². The van der Waals surface area contributed by atoms with Crippen LogP contribution in [0.2, 0.25) is 0 Å². The van der Waals surface area contributed by atoms with E-state index < -0.39 is 0 Å². The topological polar surface area (TPSA) is 60.9 Å². The number of ether oxygens (including phenoxy) is 3. The minimum Gasteiger partial charge on any atom is -0.493 e. The summed E-state index contributed by atoms with van der Waals surface area (Å²) in [6, 6.07) is 9.52. The van der Waals surface area contributed by atoms with Gasteiger partial charge < -0.3 is 19.1 Å². The molecule has 1 aliphatic heterocycles. The Labute approximate surface area is 153 Å². The highest BCUT2D eigenvalue weighted by Crippen LogP contribution is 2.38. The summed E-state index contributed by atoms with van der Waals surface area (Å²) >= 11 is 0. The maximum absolute atomic E-state index is 12.5. The molecule has 3 rings (SSSR count). The third-order valence-electron chi connectivity index (χ3n) is 4.35. The van der Waals surface area contributed by atoms with Crippen LogP contribution < -0.4 is 14.2 Å². The molecule has 6 heteroatoms. The van der Waals surface area contributed by atoms with Crippen molar-refractivity contribution in [1.82, 2.24) is 9.88 Å². The van der Waals surface area contributed by atoms with Gasteiger partial charge in [0.25, 0.3) is 0 Å². The van der Waals surface area contributed by atoms with Crippen molar-refractivity contribution in [3.05, 3.63) is 35.9 Å². The molecule has 0 saturated heterocycles. The van der Waals surface area contributed by atoms with E-state index in [-0.39, 0.29) is 11.8 Å². The summed E-state index contributed by atoms with van der Waals surface area (Å²) in [7, 11) is 3.21. The summed E-state index contributed by atoms with van der Waals surface area (Å²) < 4.78 is 16.7. The number of carbonyl (C=O) groups is 1. The lowest BCUT2D eigenvalue weighted by molar-refractivity contribution is -0.135. The van der Waals surface area contributed by atoms with Gasteiger partial charge in [-0.2, -0.15) is 0 Å². The van der Waals surface area contributed by atoms with Crippen LogP contribution in [0.3, 0.4) is 0 Å². The zero-order chi connectivity index (χ0) is 18.7. The fourth-order valence-corrected chi connectivity index (χ4v) is 3.03. The first-order valence-corrected chi connectivity index (χ1v) is 8.67. The van der Waals surface area contributed by atoms with Crippen molar-refractivity contribution >= 4 is 5.91 Å². The molecule has 2 heterocycles. The second kappa shape index (κ2) is 7.64. The van der Waals surface area contributed by atoms with Gasteiger partial charge in [0.05, 0.1) is 26.5 Å². The van der Waals surface area contributed by atoms with Crippen LogP contribution in [0.25, 0.3) is 11.3 Å². The summed E-state index contributed by atoms with van der Waals surface area (Å²) in [5.74, 6) is 1.94. The van der Waals surface area contributed by atoms with Gasteiger partial charge >= 0.3 is 0 Å². The zero-order valence-corrected chi connectivity index (χ0v) is 15.6. The fraction of sp³-hybridized carbons (Fsp3) is 0.400. The highest BCUT2D eigenvalue weighted by molar-refractivity contribution is 5.78. The molecule has 0 spiro atoms. The molecule has 0 bridgehead atoms. The van der Waals surface area contributed by atoms with Gasteiger partial charge in [-0.05, 0) is 18.2 Å². The van der Waals surface area contributed by atoms with E-state index >= 15 is 0 Å². The zero-order valence-electron chi connectivity index (χ0n) is 15.6. The normalized spacial score (nSPS) is 13.7. The molecular formula is C20H24N2O4. The largest absolute Gasteiger partial charge is 0.493 e. The lowest BCUT2D eigenvalue weighted by Crippen LogP contribution is -2.35. The van der Waals surface area contributed by atoms with E-state index in [0.29, 0.717) is 37.1 Å². The first-order chi connectivity index (χ1) is 12.5. The van der Waals surface area contributed by atoms with Gasteiger partial charge in [-0.1, -0.05) is 19.9 Å². The third-order valence-corrected chi connectivity index (χ3v) is 4.35. The average Bonchev–Trinajstić information content (AvgIpc) is 2.88. The molecule has 26 heavy (non-hydrogen) atoms. The molecule has 2 aromatic rings. The molecular weight excluding hydrogens is 332 g/mol. The number of methoxy groups -OCH3 is 2. The summed E-state index contributed by atoms with van der Waals surface area (Å²) in [5, 5.41) is 0. The van der Waals surface area contributed by atoms with Crippen molar-refractivity contribution in [2.45, 2.75) is 20.4 Å². The average molecular weight is 356 g/mol. The number of carbonyl (C=O) groups excluding carboxylic acids is 1. The van der Waals surface area contributed by atoms with E-state index in [9.17, 15) is 4.79 Å². The Morgan fingerprint density at radius 1 is 1.23 bits per heavy atom. The number of aromatic nitrogens is 1. The van der Waals surface area contributed by atoms with Gasteiger partial charge in [-0.15, -0.1) is 0 Å².